The average Bonchev–Trinajstić information content (AvgIpc) is 2.33. The summed E-state index contributed by atoms with van der Waals surface area (Å²) in [5.74, 6) is -0.579. The SMILES string of the molecule is Cc1ccc(Cl)cc1NC(=O)c1ccc(Cl)cc1O. The van der Waals surface area contributed by atoms with Crippen LogP contribution in [0.3, 0.4) is 0 Å². The van der Waals surface area contributed by atoms with Crippen molar-refractivity contribution in [3.05, 3.63) is 57.6 Å². The van der Waals surface area contributed by atoms with Gasteiger partial charge in [-0.1, -0.05) is 29.3 Å². The highest BCUT2D eigenvalue weighted by molar-refractivity contribution is 6.31. The maximum atomic E-state index is 12.1. The van der Waals surface area contributed by atoms with Gasteiger partial charge in [-0.2, -0.15) is 0 Å². The second kappa shape index (κ2) is 5.51. The number of aromatic hydroxyl groups is 1. The fourth-order valence-electron chi connectivity index (χ4n) is 1.62. The van der Waals surface area contributed by atoms with Gasteiger partial charge in [0.15, 0.2) is 0 Å². The molecule has 19 heavy (non-hydrogen) atoms. The molecule has 2 rings (SSSR count). The number of nitrogens with one attached hydrogen (secondary N) is 1. The van der Waals surface area contributed by atoms with E-state index in [9.17, 15) is 9.90 Å². The van der Waals surface area contributed by atoms with Crippen LogP contribution in [0.1, 0.15) is 15.9 Å². The van der Waals surface area contributed by atoms with Gasteiger partial charge >= 0.3 is 0 Å². The van der Waals surface area contributed by atoms with Crippen molar-refractivity contribution >= 4 is 34.8 Å². The largest absolute Gasteiger partial charge is 0.507 e. The summed E-state index contributed by atoms with van der Waals surface area (Å²) in [6, 6.07) is 9.53. The molecule has 5 heteroatoms. The molecule has 3 nitrogen and oxygen atoms in total. The summed E-state index contributed by atoms with van der Waals surface area (Å²) in [5.41, 5.74) is 1.64. The maximum absolute atomic E-state index is 12.1. The van der Waals surface area contributed by atoms with E-state index in [0.29, 0.717) is 15.7 Å². The second-order valence-electron chi connectivity index (χ2n) is 4.07. The van der Waals surface area contributed by atoms with Gasteiger partial charge in [0.1, 0.15) is 5.75 Å². The third kappa shape index (κ3) is 3.19. The zero-order valence-electron chi connectivity index (χ0n) is 10.1. The molecule has 2 aromatic carbocycles. The lowest BCUT2D eigenvalue weighted by Gasteiger charge is -2.10. The molecule has 0 aromatic heterocycles. The predicted molar refractivity (Wildman–Crippen MR) is 77.3 cm³/mol. The van der Waals surface area contributed by atoms with E-state index in [1.165, 1.54) is 12.1 Å². The Kier molecular flexibility index (Phi) is 3.98. The van der Waals surface area contributed by atoms with Crippen molar-refractivity contribution in [2.75, 3.05) is 5.32 Å². The Balaban J connectivity index is 2.28. The Morgan fingerprint density at radius 3 is 2.42 bits per heavy atom. The summed E-state index contributed by atoms with van der Waals surface area (Å²) in [6.07, 6.45) is 0. The lowest BCUT2D eigenvalue weighted by atomic mass is 10.1. The highest BCUT2D eigenvalue weighted by Gasteiger charge is 2.12. The van der Waals surface area contributed by atoms with Crippen LogP contribution >= 0.6 is 23.2 Å². The minimum absolute atomic E-state index is 0.156. The molecular formula is C14H11Cl2NO2. The van der Waals surface area contributed by atoms with Gasteiger partial charge < -0.3 is 10.4 Å². The summed E-state index contributed by atoms with van der Waals surface area (Å²) in [4.78, 5) is 12.1. The quantitative estimate of drug-likeness (QED) is 0.870. The topological polar surface area (TPSA) is 49.3 Å². The van der Waals surface area contributed by atoms with Gasteiger partial charge in [-0.25, -0.2) is 0 Å². The van der Waals surface area contributed by atoms with E-state index >= 15 is 0 Å². The first-order valence-corrected chi connectivity index (χ1v) is 6.29. The second-order valence-corrected chi connectivity index (χ2v) is 4.95. The van der Waals surface area contributed by atoms with Gasteiger partial charge in [-0.3, -0.25) is 4.79 Å². The van der Waals surface area contributed by atoms with Gasteiger partial charge in [0.05, 0.1) is 5.56 Å². The summed E-state index contributed by atoms with van der Waals surface area (Å²) < 4.78 is 0. The van der Waals surface area contributed by atoms with Crippen molar-refractivity contribution in [1.29, 1.82) is 0 Å². The number of halogens is 2. The summed E-state index contributed by atoms with van der Waals surface area (Å²) in [7, 11) is 0. The first-order valence-electron chi connectivity index (χ1n) is 5.53. The highest BCUT2D eigenvalue weighted by atomic mass is 35.5. The van der Waals surface area contributed by atoms with Crippen LogP contribution in [0.2, 0.25) is 10.0 Å². The normalized spacial score (nSPS) is 10.3. The standard InChI is InChI=1S/C14H11Cl2NO2/c1-8-2-3-9(15)6-12(8)17-14(19)11-5-4-10(16)7-13(11)18/h2-7,18H,1H3,(H,17,19). The number of hydrogen-bond donors (Lipinski definition) is 2. The predicted octanol–water partition coefficient (Wildman–Crippen LogP) is 4.26. The van der Waals surface area contributed by atoms with Crippen molar-refractivity contribution in [1.82, 2.24) is 0 Å². The third-order valence-electron chi connectivity index (χ3n) is 2.65. The van der Waals surface area contributed by atoms with Crippen LogP contribution in [-0.4, -0.2) is 11.0 Å². The molecule has 1 amide bonds. The van der Waals surface area contributed by atoms with Crippen LogP contribution < -0.4 is 5.32 Å². The number of anilines is 1. The van der Waals surface area contributed by atoms with E-state index in [2.05, 4.69) is 5.32 Å². The Morgan fingerprint density at radius 2 is 1.74 bits per heavy atom. The number of hydrogen-bond acceptors (Lipinski definition) is 2. The number of phenolic OH excluding ortho intramolecular Hbond substituents is 1. The third-order valence-corrected chi connectivity index (χ3v) is 3.12. The molecule has 0 fully saturated rings. The minimum Gasteiger partial charge on any atom is -0.507 e. The molecule has 0 aliphatic heterocycles. The Hall–Kier alpha value is -1.71. The summed E-state index contributed by atoms with van der Waals surface area (Å²) >= 11 is 11.6. The van der Waals surface area contributed by atoms with E-state index < -0.39 is 5.91 Å². The molecule has 0 heterocycles. The van der Waals surface area contributed by atoms with Gasteiger partial charge in [-0.15, -0.1) is 0 Å². The molecule has 0 saturated carbocycles. The molecule has 0 unspecified atom stereocenters. The molecule has 0 aliphatic rings. The van der Waals surface area contributed by atoms with Crippen LogP contribution in [0.15, 0.2) is 36.4 Å². The van der Waals surface area contributed by atoms with Crippen molar-refractivity contribution < 1.29 is 9.90 Å². The highest BCUT2D eigenvalue weighted by Crippen LogP contribution is 2.25. The van der Waals surface area contributed by atoms with Crippen molar-refractivity contribution in [2.45, 2.75) is 6.92 Å². The fraction of sp³-hybridized carbons (Fsp3) is 0.0714. The molecule has 98 valence electrons. The smallest absolute Gasteiger partial charge is 0.259 e. The van der Waals surface area contributed by atoms with Gasteiger partial charge in [-0.05, 0) is 42.8 Å². The number of carbonyl (C=O) groups excluding carboxylic acids is 1. The van der Waals surface area contributed by atoms with Gasteiger partial charge in [0.2, 0.25) is 0 Å². The maximum Gasteiger partial charge on any atom is 0.259 e. The number of benzene rings is 2. The lowest BCUT2D eigenvalue weighted by Crippen LogP contribution is -2.12. The number of amides is 1. The number of phenols is 1. The monoisotopic (exact) mass is 295 g/mol. The van der Waals surface area contributed by atoms with Crippen molar-refractivity contribution in [3.63, 3.8) is 0 Å². The molecule has 0 spiro atoms. The first kappa shape index (κ1) is 13.7. The van der Waals surface area contributed by atoms with Crippen molar-refractivity contribution in [3.8, 4) is 5.75 Å². The number of rotatable bonds is 2. The molecule has 0 bridgehead atoms. The average molecular weight is 296 g/mol. The molecule has 0 radical (unpaired) electrons. The minimum atomic E-state index is -0.417. The van der Waals surface area contributed by atoms with Crippen LogP contribution in [0.5, 0.6) is 5.75 Å². The van der Waals surface area contributed by atoms with E-state index in [0.717, 1.165) is 5.56 Å². The van der Waals surface area contributed by atoms with Crippen LogP contribution in [-0.2, 0) is 0 Å². The first-order chi connectivity index (χ1) is 8.97. The van der Waals surface area contributed by atoms with Gasteiger partial charge in [0, 0.05) is 15.7 Å². The van der Waals surface area contributed by atoms with E-state index in [4.69, 9.17) is 23.2 Å². The molecule has 0 aliphatic carbocycles. The van der Waals surface area contributed by atoms with Crippen LogP contribution in [0.4, 0.5) is 5.69 Å². The Bertz CT molecular complexity index is 641. The zero-order chi connectivity index (χ0) is 14.0. The summed E-state index contributed by atoms with van der Waals surface area (Å²) in [6.45, 7) is 1.85. The number of carbonyl (C=O) groups is 1. The number of aryl methyl sites for hydroxylation is 1. The molecular weight excluding hydrogens is 285 g/mol. The Morgan fingerprint density at radius 1 is 1.11 bits per heavy atom. The van der Waals surface area contributed by atoms with Crippen molar-refractivity contribution in [2.24, 2.45) is 0 Å². The van der Waals surface area contributed by atoms with E-state index in [1.54, 1.807) is 24.3 Å². The molecule has 2 N–H and O–H groups in total. The molecule has 0 saturated heterocycles. The van der Waals surface area contributed by atoms with E-state index in [-0.39, 0.29) is 11.3 Å². The summed E-state index contributed by atoms with van der Waals surface area (Å²) in [5, 5.41) is 13.3. The molecule has 2 aromatic rings. The van der Waals surface area contributed by atoms with Gasteiger partial charge in [0.25, 0.3) is 5.91 Å². The van der Waals surface area contributed by atoms with E-state index in [1.807, 2.05) is 6.92 Å². The molecule has 0 atom stereocenters. The fourth-order valence-corrected chi connectivity index (χ4v) is 1.95. The van der Waals surface area contributed by atoms with Crippen LogP contribution in [0.25, 0.3) is 0 Å². The zero-order valence-corrected chi connectivity index (χ0v) is 11.6. The Labute approximate surface area is 120 Å². The lowest BCUT2D eigenvalue weighted by molar-refractivity contribution is 0.102. The van der Waals surface area contributed by atoms with Crippen LogP contribution in [0, 0.1) is 6.92 Å².